The molecule has 0 unspecified atom stereocenters. The van der Waals surface area contributed by atoms with E-state index in [-0.39, 0.29) is 5.56 Å². The minimum Gasteiger partial charge on any atom is -0.0561 e. The van der Waals surface area contributed by atoms with Crippen molar-refractivity contribution in [3.05, 3.63) is 32.7 Å². The molecule has 1 aromatic rings. The van der Waals surface area contributed by atoms with E-state index in [1.165, 1.54) is 12.1 Å². The zero-order chi connectivity index (χ0) is 16.9. The topological polar surface area (TPSA) is 0 Å². The highest BCUT2D eigenvalue weighted by atomic mass is 79.9. The molecule has 0 radical (unpaired) electrons. The van der Waals surface area contributed by atoms with E-state index in [1.807, 2.05) is 0 Å². The van der Waals surface area contributed by atoms with E-state index in [9.17, 15) is 0 Å². The summed E-state index contributed by atoms with van der Waals surface area (Å²) in [6, 6.07) is 4.00. The fourth-order valence-electron chi connectivity index (χ4n) is 0.770. The van der Waals surface area contributed by atoms with E-state index >= 15 is 0 Å². The fraction of sp³-hybridized carbons (Fsp3) is 0.400. The lowest BCUT2D eigenvalue weighted by Crippen LogP contribution is -2.10. The van der Waals surface area contributed by atoms with E-state index in [2.05, 4.69) is 31.9 Å². The molecule has 0 atom stereocenters. The molecule has 0 amide bonds. The van der Waals surface area contributed by atoms with Crippen molar-refractivity contribution in [1.82, 2.24) is 0 Å². The lowest BCUT2D eigenvalue weighted by atomic mass is 9.87. The van der Waals surface area contributed by atoms with Crippen LogP contribution in [0.5, 0.6) is 0 Å². The Morgan fingerprint density at radius 2 is 1.58 bits per heavy atom. The van der Waals surface area contributed by atoms with Crippen LogP contribution in [0.2, 0.25) is 0 Å². The second kappa shape index (κ2) is 3.51. The molecule has 0 aromatic heterocycles. The van der Waals surface area contributed by atoms with Gasteiger partial charge in [-0.25, -0.2) is 0 Å². The van der Waals surface area contributed by atoms with Crippen molar-refractivity contribution < 1.29 is 12.3 Å². The highest BCUT2D eigenvalue weighted by Gasteiger charge is 2.14. The Morgan fingerprint density at radius 3 is 2.00 bits per heavy atom. The Hall–Kier alpha value is 0.180. The molecule has 12 heavy (non-hydrogen) atoms. The third kappa shape index (κ3) is 2.60. The third-order valence-corrected chi connectivity index (χ3v) is 2.21. The first-order valence-electron chi connectivity index (χ1n) is 7.61. The molecular weight excluding hydrogens is 280 g/mol. The largest absolute Gasteiger partial charge is 0.0561 e. The van der Waals surface area contributed by atoms with Crippen molar-refractivity contribution >= 4 is 31.9 Å². The predicted octanol–water partition coefficient (Wildman–Crippen LogP) is 4.51. The highest BCUT2D eigenvalue weighted by Crippen LogP contribution is 2.28. The second-order valence-corrected chi connectivity index (χ2v) is 4.24. The van der Waals surface area contributed by atoms with Crippen molar-refractivity contribution in [2.24, 2.45) is 0 Å². The van der Waals surface area contributed by atoms with Crippen molar-refractivity contribution in [2.75, 3.05) is 0 Å². The SMILES string of the molecule is [2H]C([2H])([2H])C(c1cc(Br)cc(Br)c1)(C([2H])([2H])[2H])C([2H])([2H])[2H]. The van der Waals surface area contributed by atoms with E-state index in [0.29, 0.717) is 8.95 Å². The summed E-state index contributed by atoms with van der Waals surface area (Å²) in [5.41, 5.74) is -3.26. The Bertz CT molecular complexity index is 471. The zero-order valence-corrected chi connectivity index (χ0v) is 9.16. The lowest BCUT2D eigenvalue weighted by Gasteiger charge is -2.19. The van der Waals surface area contributed by atoms with Crippen molar-refractivity contribution in [3.8, 4) is 0 Å². The molecule has 0 bridgehead atoms. The predicted molar refractivity (Wildman–Crippen MR) is 60.5 cm³/mol. The first kappa shape index (κ1) is 3.39. The average molecular weight is 301 g/mol. The van der Waals surface area contributed by atoms with Gasteiger partial charge in [0.2, 0.25) is 0 Å². The van der Waals surface area contributed by atoms with Gasteiger partial charge in [-0.2, -0.15) is 0 Å². The van der Waals surface area contributed by atoms with Crippen LogP contribution in [0.1, 0.15) is 38.5 Å². The molecule has 0 saturated heterocycles. The van der Waals surface area contributed by atoms with Gasteiger partial charge < -0.3 is 0 Å². The van der Waals surface area contributed by atoms with Gasteiger partial charge >= 0.3 is 0 Å². The van der Waals surface area contributed by atoms with Gasteiger partial charge in [0.25, 0.3) is 0 Å². The summed E-state index contributed by atoms with van der Waals surface area (Å²) in [6.45, 7) is -9.74. The Morgan fingerprint density at radius 1 is 1.08 bits per heavy atom. The molecule has 0 aliphatic carbocycles. The highest BCUT2D eigenvalue weighted by molar-refractivity contribution is 9.11. The van der Waals surface area contributed by atoms with Crippen LogP contribution in [0, 0.1) is 0 Å². The monoisotopic (exact) mass is 299 g/mol. The van der Waals surface area contributed by atoms with Gasteiger partial charge in [-0.1, -0.05) is 52.4 Å². The Balaban J connectivity index is 3.90. The van der Waals surface area contributed by atoms with Crippen LogP contribution >= 0.6 is 31.9 Å². The number of hydrogen-bond donors (Lipinski definition) is 0. The number of rotatable bonds is 0. The molecule has 0 aliphatic rings. The number of halogens is 2. The molecule has 0 nitrogen and oxygen atoms in total. The van der Waals surface area contributed by atoms with Gasteiger partial charge in [-0.15, -0.1) is 0 Å². The van der Waals surface area contributed by atoms with Gasteiger partial charge in [0.05, 0.1) is 0 Å². The molecule has 0 saturated carbocycles. The normalized spacial score (nSPS) is 26.0. The summed E-state index contributed by atoms with van der Waals surface area (Å²) < 4.78 is 69.3. The molecule has 1 aromatic carbocycles. The summed E-state index contributed by atoms with van der Waals surface area (Å²) >= 11 is 6.25. The smallest absolute Gasteiger partial charge is 0.0239 e. The third-order valence-electron chi connectivity index (χ3n) is 1.30. The molecule has 66 valence electrons. The standard InChI is InChI=1S/C10H12Br2/c1-10(2,3)7-4-8(11)6-9(12)5-7/h4-6H,1-3H3/i1D3,2D3,3D3. The van der Waals surface area contributed by atoms with Crippen LogP contribution in [0.15, 0.2) is 27.1 Å². The number of hydrogen-bond acceptors (Lipinski definition) is 0. The first-order chi connectivity index (χ1) is 9.14. The van der Waals surface area contributed by atoms with Gasteiger partial charge in [-0.05, 0) is 29.2 Å². The molecular formula is C10H12Br2. The van der Waals surface area contributed by atoms with E-state index in [1.54, 1.807) is 6.07 Å². The van der Waals surface area contributed by atoms with Crippen molar-refractivity contribution in [2.45, 2.75) is 26.0 Å². The molecule has 0 fully saturated rings. The van der Waals surface area contributed by atoms with E-state index in [0.717, 1.165) is 0 Å². The molecule has 0 aliphatic heterocycles. The van der Waals surface area contributed by atoms with Gasteiger partial charge in [0.15, 0.2) is 0 Å². The second-order valence-electron chi connectivity index (χ2n) is 2.41. The summed E-state index contributed by atoms with van der Waals surface area (Å²) in [5.74, 6) is 0. The van der Waals surface area contributed by atoms with E-state index < -0.39 is 26.0 Å². The Kier molecular flexibility index (Phi) is 0.991. The van der Waals surface area contributed by atoms with Crippen LogP contribution in [-0.2, 0) is 5.41 Å². The maximum Gasteiger partial charge on any atom is 0.0239 e. The van der Waals surface area contributed by atoms with Crippen molar-refractivity contribution in [3.63, 3.8) is 0 Å². The van der Waals surface area contributed by atoms with Crippen LogP contribution < -0.4 is 0 Å². The molecule has 2 heteroatoms. The fourth-order valence-corrected chi connectivity index (χ4v) is 2.06. The minimum absolute atomic E-state index is 0.288. The quantitative estimate of drug-likeness (QED) is 0.661. The van der Waals surface area contributed by atoms with Gasteiger partial charge in [0.1, 0.15) is 0 Å². The van der Waals surface area contributed by atoms with Gasteiger partial charge in [-0.3, -0.25) is 0 Å². The summed E-state index contributed by atoms with van der Waals surface area (Å²) in [4.78, 5) is 0. The summed E-state index contributed by atoms with van der Waals surface area (Å²) in [6.07, 6.45) is 0. The summed E-state index contributed by atoms with van der Waals surface area (Å²) in [7, 11) is 0. The molecule has 1 rings (SSSR count). The maximum absolute atomic E-state index is 7.61. The average Bonchev–Trinajstić information content (AvgIpc) is 2.07. The molecule has 0 heterocycles. The Labute approximate surface area is 103 Å². The first-order valence-corrected chi connectivity index (χ1v) is 4.70. The zero-order valence-electron chi connectivity index (χ0n) is 15.0. The maximum atomic E-state index is 7.61. The van der Waals surface area contributed by atoms with Crippen LogP contribution in [-0.4, -0.2) is 0 Å². The number of benzene rings is 1. The van der Waals surface area contributed by atoms with Crippen LogP contribution in [0.4, 0.5) is 0 Å². The van der Waals surface area contributed by atoms with Crippen molar-refractivity contribution in [1.29, 1.82) is 0 Å². The lowest BCUT2D eigenvalue weighted by molar-refractivity contribution is 0.589. The van der Waals surface area contributed by atoms with Gasteiger partial charge in [0, 0.05) is 21.3 Å². The van der Waals surface area contributed by atoms with Crippen LogP contribution in [0.3, 0.4) is 0 Å². The molecule has 0 N–H and O–H groups in total. The van der Waals surface area contributed by atoms with E-state index in [4.69, 9.17) is 12.3 Å². The van der Waals surface area contributed by atoms with Crippen LogP contribution in [0.25, 0.3) is 0 Å². The minimum atomic E-state index is -3.25. The summed E-state index contributed by atoms with van der Waals surface area (Å²) in [5, 5.41) is 0. The molecule has 0 spiro atoms.